The van der Waals surface area contributed by atoms with Crippen molar-refractivity contribution in [1.29, 1.82) is 0 Å². The van der Waals surface area contributed by atoms with E-state index in [9.17, 15) is 0 Å². The molecule has 0 N–H and O–H groups in total. The smallest absolute Gasteiger partial charge is 0.0223 e. The SMILES string of the molecule is CC(C)CCN(CCCCCCl)C1CCCC1. The Hall–Kier alpha value is 0.250. The highest BCUT2D eigenvalue weighted by molar-refractivity contribution is 6.17. The van der Waals surface area contributed by atoms with Gasteiger partial charge in [0.15, 0.2) is 0 Å². The molecule has 1 nitrogen and oxygen atoms in total. The molecule has 0 unspecified atom stereocenters. The molecule has 1 rings (SSSR count). The Morgan fingerprint density at radius 1 is 1.06 bits per heavy atom. The van der Waals surface area contributed by atoms with Crippen LogP contribution < -0.4 is 0 Å². The minimum atomic E-state index is 0.829. The van der Waals surface area contributed by atoms with Crippen LogP contribution in [0.5, 0.6) is 0 Å². The van der Waals surface area contributed by atoms with Gasteiger partial charge in [-0.15, -0.1) is 11.6 Å². The van der Waals surface area contributed by atoms with Crippen molar-refractivity contribution in [3.63, 3.8) is 0 Å². The van der Waals surface area contributed by atoms with Gasteiger partial charge in [0.1, 0.15) is 0 Å². The maximum atomic E-state index is 5.73. The number of unbranched alkanes of at least 4 members (excludes halogenated alkanes) is 2. The van der Waals surface area contributed by atoms with Gasteiger partial charge < -0.3 is 4.90 Å². The molecule has 1 saturated carbocycles. The van der Waals surface area contributed by atoms with Crippen LogP contribution >= 0.6 is 11.6 Å². The number of alkyl halides is 1. The minimum absolute atomic E-state index is 0.829. The molecule has 1 aliphatic carbocycles. The van der Waals surface area contributed by atoms with E-state index in [4.69, 9.17) is 11.6 Å². The monoisotopic (exact) mass is 259 g/mol. The lowest BCUT2D eigenvalue weighted by Gasteiger charge is -2.29. The Bertz CT molecular complexity index is 176. The lowest BCUT2D eigenvalue weighted by Crippen LogP contribution is -2.35. The maximum Gasteiger partial charge on any atom is 0.0223 e. The van der Waals surface area contributed by atoms with Crippen molar-refractivity contribution in [1.82, 2.24) is 4.90 Å². The van der Waals surface area contributed by atoms with Crippen molar-refractivity contribution in [2.75, 3.05) is 19.0 Å². The van der Waals surface area contributed by atoms with Crippen LogP contribution in [0, 0.1) is 5.92 Å². The second kappa shape index (κ2) is 9.22. The second-order valence-corrected chi connectivity index (χ2v) is 6.28. The molecule has 2 heteroatoms. The van der Waals surface area contributed by atoms with E-state index in [1.54, 1.807) is 0 Å². The van der Waals surface area contributed by atoms with Gasteiger partial charge in [-0.3, -0.25) is 0 Å². The molecule has 1 fully saturated rings. The summed E-state index contributed by atoms with van der Waals surface area (Å²) in [5.74, 6) is 1.66. The molecular formula is C15H30ClN. The fraction of sp³-hybridized carbons (Fsp3) is 1.00. The maximum absolute atomic E-state index is 5.73. The molecular weight excluding hydrogens is 230 g/mol. The summed E-state index contributed by atoms with van der Waals surface area (Å²) < 4.78 is 0. The number of rotatable bonds is 9. The molecule has 0 heterocycles. The van der Waals surface area contributed by atoms with Crippen LogP contribution in [0.15, 0.2) is 0 Å². The van der Waals surface area contributed by atoms with Gasteiger partial charge in [-0.25, -0.2) is 0 Å². The Balaban J connectivity index is 2.24. The summed E-state index contributed by atoms with van der Waals surface area (Å²) in [7, 11) is 0. The Morgan fingerprint density at radius 3 is 2.35 bits per heavy atom. The average Bonchev–Trinajstić information content (AvgIpc) is 2.81. The molecule has 0 saturated heterocycles. The van der Waals surface area contributed by atoms with E-state index >= 15 is 0 Å². The molecule has 0 aromatic heterocycles. The summed E-state index contributed by atoms with van der Waals surface area (Å²) in [4.78, 5) is 2.77. The van der Waals surface area contributed by atoms with E-state index in [0.29, 0.717) is 0 Å². The normalized spacial score (nSPS) is 17.5. The molecule has 1 aliphatic rings. The number of halogens is 1. The van der Waals surface area contributed by atoms with Crippen LogP contribution in [-0.2, 0) is 0 Å². The largest absolute Gasteiger partial charge is 0.300 e. The van der Waals surface area contributed by atoms with Gasteiger partial charge in [0.25, 0.3) is 0 Å². The zero-order valence-electron chi connectivity index (χ0n) is 11.8. The first kappa shape index (κ1) is 15.3. The standard InChI is InChI=1S/C15H30ClN/c1-14(2)10-13-17(12-7-3-6-11-16)15-8-4-5-9-15/h14-15H,3-13H2,1-2H3. The van der Waals surface area contributed by atoms with Crippen molar-refractivity contribution in [2.24, 2.45) is 5.92 Å². The molecule has 0 aromatic rings. The number of nitrogens with zero attached hydrogens (tertiary/aromatic N) is 1. The van der Waals surface area contributed by atoms with Gasteiger partial charge in [0.05, 0.1) is 0 Å². The number of hydrogen-bond donors (Lipinski definition) is 0. The Morgan fingerprint density at radius 2 is 1.76 bits per heavy atom. The fourth-order valence-corrected chi connectivity index (χ4v) is 2.95. The van der Waals surface area contributed by atoms with Gasteiger partial charge in [0, 0.05) is 11.9 Å². The third-order valence-corrected chi connectivity index (χ3v) is 4.18. The lowest BCUT2D eigenvalue weighted by atomic mass is 10.1. The van der Waals surface area contributed by atoms with E-state index in [0.717, 1.165) is 17.8 Å². The minimum Gasteiger partial charge on any atom is -0.300 e. The van der Waals surface area contributed by atoms with Crippen LogP contribution in [-0.4, -0.2) is 29.9 Å². The predicted molar refractivity (Wildman–Crippen MR) is 77.9 cm³/mol. The van der Waals surface area contributed by atoms with Gasteiger partial charge in [-0.05, 0) is 51.1 Å². The molecule has 0 aromatic carbocycles. The van der Waals surface area contributed by atoms with Crippen LogP contribution in [0.3, 0.4) is 0 Å². The summed E-state index contributed by atoms with van der Waals surface area (Å²) in [5.41, 5.74) is 0. The van der Waals surface area contributed by atoms with E-state index < -0.39 is 0 Å². The van der Waals surface area contributed by atoms with Crippen molar-refractivity contribution in [3.05, 3.63) is 0 Å². The van der Waals surface area contributed by atoms with Gasteiger partial charge in [-0.2, -0.15) is 0 Å². The third-order valence-electron chi connectivity index (χ3n) is 3.91. The summed E-state index contributed by atoms with van der Waals surface area (Å²) in [6.07, 6.45) is 10.9. The zero-order valence-corrected chi connectivity index (χ0v) is 12.5. The molecule has 0 bridgehead atoms. The van der Waals surface area contributed by atoms with Crippen molar-refractivity contribution < 1.29 is 0 Å². The predicted octanol–water partition coefficient (Wildman–Crippen LogP) is 4.69. The highest BCUT2D eigenvalue weighted by Gasteiger charge is 2.21. The van der Waals surface area contributed by atoms with Crippen LogP contribution in [0.25, 0.3) is 0 Å². The summed E-state index contributed by atoms with van der Waals surface area (Å²) in [5, 5.41) is 0. The Labute approximate surface area is 113 Å². The van der Waals surface area contributed by atoms with Crippen molar-refractivity contribution in [2.45, 2.75) is 71.3 Å². The molecule has 102 valence electrons. The van der Waals surface area contributed by atoms with Crippen LogP contribution in [0.4, 0.5) is 0 Å². The first-order chi connectivity index (χ1) is 8.24. The molecule has 17 heavy (non-hydrogen) atoms. The second-order valence-electron chi connectivity index (χ2n) is 5.91. The molecule has 0 atom stereocenters. The summed E-state index contributed by atoms with van der Waals surface area (Å²) in [6.45, 7) is 7.28. The molecule has 0 spiro atoms. The highest BCUT2D eigenvalue weighted by atomic mass is 35.5. The van der Waals surface area contributed by atoms with E-state index in [-0.39, 0.29) is 0 Å². The van der Waals surface area contributed by atoms with Gasteiger partial charge in [-0.1, -0.05) is 33.1 Å². The first-order valence-corrected chi connectivity index (χ1v) is 8.07. The van der Waals surface area contributed by atoms with Crippen LogP contribution in [0.1, 0.15) is 65.2 Å². The lowest BCUT2D eigenvalue weighted by molar-refractivity contribution is 0.184. The fourth-order valence-electron chi connectivity index (χ4n) is 2.76. The van der Waals surface area contributed by atoms with E-state index in [1.165, 1.54) is 64.5 Å². The highest BCUT2D eigenvalue weighted by Crippen LogP contribution is 2.24. The Kier molecular flexibility index (Phi) is 8.30. The molecule has 0 radical (unpaired) electrons. The van der Waals surface area contributed by atoms with E-state index in [1.807, 2.05) is 0 Å². The van der Waals surface area contributed by atoms with Crippen molar-refractivity contribution >= 4 is 11.6 Å². The third kappa shape index (κ3) is 6.67. The topological polar surface area (TPSA) is 3.24 Å². The molecule has 0 aliphatic heterocycles. The average molecular weight is 260 g/mol. The first-order valence-electron chi connectivity index (χ1n) is 7.54. The zero-order chi connectivity index (χ0) is 12.5. The summed E-state index contributed by atoms with van der Waals surface area (Å²) in [6, 6.07) is 0.893. The van der Waals surface area contributed by atoms with Gasteiger partial charge in [0.2, 0.25) is 0 Å². The van der Waals surface area contributed by atoms with Crippen molar-refractivity contribution in [3.8, 4) is 0 Å². The van der Waals surface area contributed by atoms with Gasteiger partial charge >= 0.3 is 0 Å². The molecule has 0 amide bonds. The quantitative estimate of drug-likeness (QED) is 0.429. The summed E-state index contributed by atoms with van der Waals surface area (Å²) >= 11 is 5.73. The van der Waals surface area contributed by atoms with Crippen LogP contribution in [0.2, 0.25) is 0 Å². The van der Waals surface area contributed by atoms with E-state index in [2.05, 4.69) is 18.7 Å². The number of hydrogen-bond acceptors (Lipinski definition) is 1.